The number of rotatable bonds is 2. The van der Waals surface area contributed by atoms with Crippen LogP contribution < -0.4 is 5.32 Å². The molecule has 1 rings (SSSR count). The number of aryl methyl sites for hydroxylation is 2. The van der Waals surface area contributed by atoms with Gasteiger partial charge in [0.2, 0.25) is 0 Å². The van der Waals surface area contributed by atoms with Gasteiger partial charge in [-0.1, -0.05) is 6.07 Å². The van der Waals surface area contributed by atoms with Gasteiger partial charge in [0.25, 0.3) is 5.91 Å². The Morgan fingerprint density at radius 2 is 2.15 bits per heavy atom. The van der Waals surface area contributed by atoms with Gasteiger partial charge in [0.15, 0.2) is 0 Å². The average molecular weight is 178 g/mol. The summed E-state index contributed by atoms with van der Waals surface area (Å²) >= 11 is 0. The molecule has 0 unspecified atom stereocenters. The van der Waals surface area contributed by atoms with Crippen LogP contribution in [0.15, 0.2) is 12.1 Å². The number of nitrogens with zero attached hydrogens (tertiary/aromatic N) is 1. The Morgan fingerprint density at radius 3 is 2.77 bits per heavy atom. The largest absolute Gasteiger partial charge is 0.351 e. The maximum Gasteiger partial charge on any atom is 0.270 e. The first kappa shape index (κ1) is 9.71. The minimum absolute atomic E-state index is 0.0938. The van der Waals surface area contributed by atoms with Gasteiger partial charge in [-0.05, 0) is 32.4 Å². The summed E-state index contributed by atoms with van der Waals surface area (Å²) < 4.78 is 0. The summed E-state index contributed by atoms with van der Waals surface area (Å²) in [6.07, 6.45) is 0. The average Bonchev–Trinajstić information content (AvgIpc) is 2.09. The van der Waals surface area contributed by atoms with Gasteiger partial charge in [-0.25, -0.2) is 4.98 Å². The Balaban J connectivity index is 2.99. The molecule has 0 aliphatic heterocycles. The molecule has 13 heavy (non-hydrogen) atoms. The summed E-state index contributed by atoms with van der Waals surface area (Å²) in [5.74, 6) is -0.0938. The highest BCUT2D eigenvalue weighted by molar-refractivity contribution is 5.93. The van der Waals surface area contributed by atoms with Gasteiger partial charge in [0.1, 0.15) is 5.69 Å². The van der Waals surface area contributed by atoms with E-state index in [1.807, 2.05) is 32.9 Å². The molecule has 0 aromatic carbocycles. The maximum atomic E-state index is 11.4. The second kappa shape index (κ2) is 4.03. The van der Waals surface area contributed by atoms with Crippen LogP contribution in [-0.2, 0) is 0 Å². The van der Waals surface area contributed by atoms with Crippen molar-refractivity contribution < 1.29 is 4.79 Å². The minimum Gasteiger partial charge on any atom is -0.351 e. The number of aromatic nitrogens is 1. The highest BCUT2D eigenvalue weighted by Gasteiger charge is 2.08. The van der Waals surface area contributed by atoms with E-state index in [4.69, 9.17) is 0 Å². The molecule has 70 valence electrons. The fraction of sp³-hybridized carbons (Fsp3) is 0.400. The smallest absolute Gasteiger partial charge is 0.270 e. The Labute approximate surface area is 78.2 Å². The van der Waals surface area contributed by atoms with Crippen molar-refractivity contribution in [3.63, 3.8) is 0 Å². The van der Waals surface area contributed by atoms with Gasteiger partial charge in [0, 0.05) is 12.2 Å². The quantitative estimate of drug-likeness (QED) is 0.744. The van der Waals surface area contributed by atoms with Crippen LogP contribution in [0.25, 0.3) is 0 Å². The lowest BCUT2D eigenvalue weighted by molar-refractivity contribution is 0.0950. The molecular weight excluding hydrogens is 164 g/mol. The Bertz CT molecular complexity index is 321. The highest BCUT2D eigenvalue weighted by Crippen LogP contribution is 2.05. The van der Waals surface area contributed by atoms with Gasteiger partial charge in [-0.15, -0.1) is 0 Å². The number of nitrogens with one attached hydrogen (secondary N) is 1. The van der Waals surface area contributed by atoms with E-state index in [-0.39, 0.29) is 5.91 Å². The monoisotopic (exact) mass is 178 g/mol. The van der Waals surface area contributed by atoms with Crippen LogP contribution in [0.3, 0.4) is 0 Å². The fourth-order valence-corrected chi connectivity index (χ4v) is 1.10. The molecule has 3 nitrogen and oxygen atoms in total. The molecule has 1 amide bonds. The lowest BCUT2D eigenvalue weighted by Crippen LogP contribution is -2.24. The standard InChI is InChI=1S/C10H14N2O/c1-4-11-10(13)9-7(2)5-6-8(3)12-9/h5-6H,4H2,1-3H3,(H,11,13). The Morgan fingerprint density at radius 1 is 1.46 bits per heavy atom. The van der Waals surface area contributed by atoms with Crippen molar-refractivity contribution in [3.05, 3.63) is 29.1 Å². The number of hydrogen-bond acceptors (Lipinski definition) is 2. The summed E-state index contributed by atoms with van der Waals surface area (Å²) in [6.45, 7) is 6.29. The summed E-state index contributed by atoms with van der Waals surface area (Å²) in [5, 5.41) is 2.73. The molecule has 3 heteroatoms. The van der Waals surface area contributed by atoms with E-state index in [2.05, 4.69) is 10.3 Å². The molecule has 0 bridgehead atoms. The van der Waals surface area contributed by atoms with Crippen LogP contribution in [-0.4, -0.2) is 17.4 Å². The fourth-order valence-electron chi connectivity index (χ4n) is 1.10. The molecule has 0 radical (unpaired) electrons. The van der Waals surface area contributed by atoms with E-state index in [1.165, 1.54) is 0 Å². The van der Waals surface area contributed by atoms with Crippen LogP contribution >= 0.6 is 0 Å². The lowest BCUT2D eigenvalue weighted by atomic mass is 10.2. The zero-order valence-corrected chi connectivity index (χ0v) is 8.22. The predicted octanol–water partition coefficient (Wildman–Crippen LogP) is 1.45. The number of carbonyl (C=O) groups is 1. The zero-order chi connectivity index (χ0) is 9.84. The van der Waals surface area contributed by atoms with Crippen molar-refractivity contribution >= 4 is 5.91 Å². The molecular formula is C10H14N2O. The van der Waals surface area contributed by atoms with Crippen molar-refractivity contribution in [1.29, 1.82) is 0 Å². The van der Waals surface area contributed by atoms with Crippen molar-refractivity contribution in [2.24, 2.45) is 0 Å². The SMILES string of the molecule is CCNC(=O)c1nc(C)ccc1C. The molecule has 0 atom stereocenters. The van der Waals surface area contributed by atoms with E-state index in [1.54, 1.807) is 0 Å². The van der Waals surface area contributed by atoms with Gasteiger partial charge >= 0.3 is 0 Å². The van der Waals surface area contributed by atoms with Gasteiger partial charge in [-0.3, -0.25) is 4.79 Å². The normalized spacial score (nSPS) is 9.77. The van der Waals surface area contributed by atoms with E-state index in [0.29, 0.717) is 12.2 Å². The van der Waals surface area contributed by atoms with Crippen molar-refractivity contribution in [1.82, 2.24) is 10.3 Å². The molecule has 0 spiro atoms. The van der Waals surface area contributed by atoms with Crippen LogP contribution in [0.4, 0.5) is 0 Å². The van der Waals surface area contributed by atoms with Crippen LogP contribution in [0, 0.1) is 13.8 Å². The first-order valence-electron chi connectivity index (χ1n) is 4.37. The summed E-state index contributed by atoms with van der Waals surface area (Å²) in [4.78, 5) is 15.6. The molecule has 0 aliphatic rings. The first-order valence-corrected chi connectivity index (χ1v) is 4.37. The van der Waals surface area contributed by atoms with Crippen molar-refractivity contribution in [2.75, 3.05) is 6.54 Å². The molecule has 0 aliphatic carbocycles. The maximum absolute atomic E-state index is 11.4. The second-order valence-corrected chi connectivity index (χ2v) is 2.98. The van der Waals surface area contributed by atoms with Gasteiger partial charge in [0.05, 0.1) is 0 Å². The van der Waals surface area contributed by atoms with Crippen molar-refractivity contribution in [2.45, 2.75) is 20.8 Å². The third-order valence-electron chi connectivity index (χ3n) is 1.79. The zero-order valence-electron chi connectivity index (χ0n) is 8.22. The van der Waals surface area contributed by atoms with Crippen LogP contribution in [0.1, 0.15) is 28.7 Å². The Hall–Kier alpha value is -1.38. The topological polar surface area (TPSA) is 42.0 Å². The molecule has 1 aromatic rings. The number of hydrogen-bond donors (Lipinski definition) is 1. The summed E-state index contributed by atoms with van der Waals surface area (Å²) in [5.41, 5.74) is 2.31. The van der Waals surface area contributed by atoms with Crippen LogP contribution in [0.5, 0.6) is 0 Å². The molecule has 0 saturated carbocycles. The van der Waals surface area contributed by atoms with Crippen molar-refractivity contribution in [3.8, 4) is 0 Å². The third-order valence-corrected chi connectivity index (χ3v) is 1.79. The van der Waals surface area contributed by atoms with Gasteiger partial charge in [-0.2, -0.15) is 0 Å². The molecule has 1 aromatic heterocycles. The van der Waals surface area contributed by atoms with Crippen LogP contribution in [0.2, 0.25) is 0 Å². The molecule has 1 heterocycles. The van der Waals surface area contributed by atoms with E-state index in [9.17, 15) is 4.79 Å². The molecule has 0 fully saturated rings. The number of pyridine rings is 1. The highest BCUT2D eigenvalue weighted by atomic mass is 16.1. The Kier molecular flexibility index (Phi) is 3.01. The van der Waals surface area contributed by atoms with E-state index in [0.717, 1.165) is 11.3 Å². The molecule has 1 N–H and O–H groups in total. The summed E-state index contributed by atoms with van der Waals surface area (Å²) in [7, 11) is 0. The van der Waals surface area contributed by atoms with E-state index >= 15 is 0 Å². The minimum atomic E-state index is -0.0938. The number of amides is 1. The lowest BCUT2D eigenvalue weighted by Gasteiger charge is -2.05. The van der Waals surface area contributed by atoms with E-state index < -0.39 is 0 Å². The second-order valence-electron chi connectivity index (χ2n) is 2.98. The number of carbonyl (C=O) groups excluding carboxylic acids is 1. The predicted molar refractivity (Wildman–Crippen MR) is 51.7 cm³/mol. The third kappa shape index (κ3) is 2.28. The molecule has 0 saturated heterocycles. The van der Waals surface area contributed by atoms with Gasteiger partial charge < -0.3 is 5.32 Å². The summed E-state index contributed by atoms with van der Waals surface area (Å²) in [6, 6.07) is 3.81. The first-order chi connectivity index (χ1) is 6.15.